The molecule has 1 aliphatic heterocycles. The highest BCUT2D eigenvalue weighted by molar-refractivity contribution is 5.89. The summed E-state index contributed by atoms with van der Waals surface area (Å²) in [5.41, 5.74) is 1.99. The van der Waals surface area contributed by atoms with Crippen LogP contribution in [0.3, 0.4) is 0 Å². The van der Waals surface area contributed by atoms with E-state index in [-0.39, 0.29) is 18.1 Å². The Bertz CT molecular complexity index is 530. The molecule has 0 spiro atoms. The van der Waals surface area contributed by atoms with Crippen molar-refractivity contribution in [1.82, 2.24) is 4.90 Å². The number of rotatable bonds is 7. The maximum Gasteiger partial charge on any atom is 0.321 e. The van der Waals surface area contributed by atoms with Crippen molar-refractivity contribution >= 4 is 17.4 Å². The van der Waals surface area contributed by atoms with E-state index < -0.39 is 0 Å². The summed E-state index contributed by atoms with van der Waals surface area (Å²) in [6, 6.07) is 7.98. The van der Waals surface area contributed by atoms with Gasteiger partial charge in [-0.1, -0.05) is 20.3 Å². The highest BCUT2D eigenvalue weighted by Crippen LogP contribution is 2.34. The average molecular weight is 348 g/mol. The first-order chi connectivity index (χ1) is 12.0. The Morgan fingerprint density at radius 3 is 2.40 bits per heavy atom. The van der Waals surface area contributed by atoms with E-state index in [0.29, 0.717) is 13.1 Å². The molecule has 0 aromatic heterocycles. The van der Waals surface area contributed by atoms with E-state index in [4.69, 9.17) is 0 Å². The molecular weight excluding hydrogens is 314 g/mol. The van der Waals surface area contributed by atoms with Gasteiger partial charge in [0.2, 0.25) is 0 Å². The lowest BCUT2D eigenvalue weighted by Gasteiger charge is -2.40. The van der Waals surface area contributed by atoms with Gasteiger partial charge in [0.25, 0.3) is 0 Å². The maximum atomic E-state index is 12.5. The van der Waals surface area contributed by atoms with E-state index in [1.54, 1.807) is 0 Å². The largest absolute Gasteiger partial charge is 0.396 e. The molecule has 140 valence electrons. The third kappa shape index (κ3) is 5.11. The Labute approximate surface area is 152 Å². The summed E-state index contributed by atoms with van der Waals surface area (Å²) >= 11 is 0. The number of aliphatic hydroxyl groups is 1. The predicted octanol–water partition coefficient (Wildman–Crippen LogP) is 3.94. The van der Waals surface area contributed by atoms with E-state index >= 15 is 0 Å². The number of hydrogen-bond acceptors (Lipinski definition) is 3. The zero-order valence-electron chi connectivity index (χ0n) is 15.9. The predicted molar refractivity (Wildman–Crippen MR) is 104 cm³/mol. The summed E-state index contributed by atoms with van der Waals surface area (Å²) < 4.78 is 0. The highest BCUT2D eigenvalue weighted by atomic mass is 16.3. The zero-order valence-corrected chi connectivity index (χ0v) is 15.9. The van der Waals surface area contributed by atoms with Gasteiger partial charge in [-0.2, -0.15) is 0 Å². The van der Waals surface area contributed by atoms with Crippen LogP contribution in [-0.2, 0) is 0 Å². The molecule has 1 heterocycles. The summed E-state index contributed by atoms with van der Waals surface area (Å²) in [5.74, 6) is 0. The molecule has 1 aromatic rings. The molecule has 25 heavy (non-hydrogen) atoms. The molecule has 2 N–H and O–H groups in total. The van der Waals surface area contributed by atoms with Crippen LogP contribution in [0.4, 0.5) is 16.2 Å². The topological polar surface area (TPSA) is 55.8 Å². The summed E-state index contributed by atoms with van der Waals surface area (Å²) in [6.45, 7) is 6.98. The number of nitrogens with zero attached hydrogens (tertiary/aromatic N) is 2. The second-order valence-electron chi connectivity index (χ2n) is 7.25. The molecule has 2 rings (SSSR count). The monoisotopic (exact) mass is 347 g/mol. The van der Waals surface area contributed by atoms with Gasteiger partial charge in [-0.05, 0) is 55.4 Å². The van der Waals surface area contributed by atoms with E-state index in [9.17, 15) is 9.90 Å². The first kappa shape index (κ1) is 19.6. The van der Waals surface area contributed by atoms with E-state index in [1.165, 1.54) is 18.5 Å². The summed E-state index contributed by atoms with van der Waals surface area (Å²) in [5, 5.41) is 12.6. The number of anilines is 2. The van der Waals surface area contributed by atoms with Gasteiger partial charge in [-0.25, -0.2) is 4.79 Å². The maximum absolute atomic E-state index is 12.5. The van der Waals surface area contributed by atoms with Crippen LogP contribution in [0, 0.1) is 5.41 Å². The van der Waals surface area contributed by atoms with Crippen molar-refractivity contribution in [2.24, 2.45) is 5.41 Å². The number of nitrogens with one attached hydrogen (secondary N) is 1. The molecule has 0 atom stereocenters. The standard InChI is InChI=1S/C20H33N3O2/c1-4-6-13-22(3)18-9-7-17(8-10-18)21-19(25)23-14-11-20(5-2,16-24)12-15-23/h7-10,24H,4-6,11-16H2,1-3H3,(H,21,25). The van der Waals surface area contributed by atoms with Gasteiger partial charge in [0.15, 0.2) is 0 Å². The zero-order chi connectivity index (χ0) is 18.3. The second-order valence-corrected chi connectivity index (χ2v) is 7.25. The number of carbonyl (C=O) groups is 1. The normalized spacial score (nSPS) is 16.6. The van der Waals surface area contributed by atoms with Crippen molar-refractivity contribution in [3.05, 3.63) is 24.3 Å². The van der Waals surface area contributed by atoms with E-state index in [1.807, 2.05) is 17.0 Å². The van der Waals surface area contributed by atoms with Crippen LogP contribution in [0.2, 0.25) is 0 Å². The number of benzene rings is 1. The number of aliphatic hydroxyl groups excluding tert-OH is 1. The first-order valence-electron chi connectivity index (χ1n) is 9.51. The third-order valence-electron chi connectivity index (χ3n) is 5.60. The fourth-order valence-electron chi connectivity index (χ4n) is 3.33. The molecular formula is C20H33N3O2. The summed E-state index contributed by atoms with van der Waals surface area (Å²) in [7, 11) is 2.10. The number of urea groups is 1. The van der Waals surface area contributed by atoms with Crippen molar-refractivity contribution in [2.75, 3.05) is 43.5 Å². The number of carbonyl (C=O) groups excluding carboxylic acids is 1. The van der Waals surface area contributed by atoms with Crippen molar-refractivity contribution in [3.8, 4) is 0 Å². The number of amides is 2. The Morgan fingerprint density at radius 2 is 1.88 bits per heavy atom. The minimum Gasteiger partial charge on any atom is -0.396 e. The van der Waals surface area contributed by atoms with Crippen molar-refractivity contribution in [1.29, 1.82) is 0 Å². The molecule has 0 unspecified atom stereocenters. The van der Waals surface area contributed by atoms with Crippen molar-refractivity contribution in [3.63, 3.8) is 0 Å². The van der Waals surface area contributed by atoms with Gasteiger partial charge in [0.1, 0.15) is 0 Å². The Morgan fingerprint density at radius 1 is 1.24 bits per heavy atom. The lowest BCUT2D eigenvalue weighted by atomic mass is 9.77. The molecule has 0 aliphatic carbocycles. The van der Waals surface area contributed by atoms with Gasteiger partial charge in [0, 0.05) is 44.7 Å². The number of likely N-dealkylation sites (tertiary alicyclic amines) is 1. The summed E-state index contributed by atoms with van der Waals surface area (Å²) in [4.78, 5) is 16.5. The average Bonchev–Trinajstić information content (AvgIpc) is 2.66. The van der Waals surface area contributed by atoms with Gasteiger partial charge >= 0.3 is 6.03 Å². The van der Waals surface area contributed by atoms with Gasteiger partial charge in [-0.3, -0.25) is 0 Å². The van der Waals surface area contributed by atoms with Gasteiger partial charge < -0.3 is 20.2 Å². The van der Waals surface area contributed by atoms with E-state index in [2.05, 4.69) is 43.2 Å². The van der Waals surface area contributed by atoms with Crippen LogP contribution in [0.1, 0.15) is 46.0 Å². The lowest BCUT2D eigenvalue weighted by Crippen LogP contribution is -2.46. The van der Waals surface area contributed by atoms with Gasteiger partial charge in [0.05, 0.1) is 0 Å². The highest BCUT2D eigenvalue weighted by Gasteiger charge is 2.33. The molecule has 1 fully saturated rings. The molecule has 5 nitrogen and oxygen atoms in total. The van der Waals surface area contributed by atoms with Crippen LogP contribution in [-0.4, -0.2) is 49.3 Å². The molecule has 0 saturated carbocycles. The number of hydrogen-bond donors (Lipinski definition) is 2. The van der Waals surface area contributed by atoms with Crippen LogP contribution >= 0.6 is 0 Å². The van der Waals surface area contributed by atoms with Crippen molar-refractivity contribution < 1.29 is 9.90 Å². The summed E-state index contributed by atoms with van der Waals surface area (Å²) in [6.07, 6.45) is 5.07. The number of unbranched alkanes of at least 4 members (excludes halogenated alkanes) is 1. The Hall–Kier alpha value is -1.75. The van der Waals surface area contributed by atoms with Crippen molar-refractivity contribution in [2.45, 2.75) is 46.0 Å². The van der Waals surface area contributed by atoms with E-state index in [0.717, 1.165) is 31.5 Å². The molecule has 1 saturated heterocycles. The van der Waals surface area contributed by atoms with Crippen LogP contribution < -0.4 is 10.2 Å². The molecule has 0 radical (unpaired) electrons. The Balaban J connectivity index is 1.87. The minimum atomic E-state index is -0.0465. The fourth-order valence-corrected chi connectivity index (χ4v) is 3.33. The quantitative estimate of drug-likeness (QED) is 0.785. The molecule has 1 aliphatic rings. The molecule has 1 aromatic carbocycles. The van der Waals surface area contributed by atoms with Gasteiger partial charge in [-0.15, -0.1) is 0 Å². The van der Waals surface area contributed by atoms with Crippen LogP contribution in [0.15, 0.2) is 24.3 Å². The smallest absolute Gasteiger partial charge is 0.321 e. The lowest BCUT2D eigenvalue weighted by molar-refractivity contribution is 0.0542. The molecule has 2 amide bonds. The molecule has 5 heteroatoms. The van der Waals surface area contributed by atoms with Crippen LogP contribution in [0.25, 0.3) is 0 Å². The fraction of sp³-hybridized carbons (Fsp3) is 0.650. The SMILES string of the molecule is CCCCN(C)c1ccc(NC(=O)N2CCC(CC)(CO)CC2)cc1. The van der Waals surface area contributed by atoms with Crippen LogP contribution in [0.5, 0.6) is 0 Å². The molecule has 0 bridgehead atoms. The minimum absolute atomic E-state index is 0.00149. The second kappa shape index (κ2) is 9.09. The number of piperidine rings is 1. The Kier molecular flexibility index (Phi) is 7.12. The third-order valence-corrected chi connectivity index (χ3v) is 5.60. The first-order valence-corrected chi connectivity index (χ1v) is 9.51.